The number of hydrogen-bond acceptors (Lipinski definition) is 3. The highest BCUT2D eigenvalue weighted by molar-refractivity contribution is 8.03. The summed E-state index contributed by atoms with van der Waals surface area (Å²) in [5.41, 5.74) is 4.90. The lowest BCUT2D eigenvalue weighted by molar-refractivity contribution is -0.113. The summed E-state index contributed by atoms with van der Waals surface area (Å²) in [6.07, 6.45) is 1.35. The fourth-order valence-electron chi connectivity index (χ4n) is 0.499. The van der Waals surface area contributed by atoms with Crippen LogP contribution >= 0.6 is 23.1 Å². The zero-order valence-electron chi connectivity index (χ0n) is 5.69. The molecule has 4 heteroatoms. The van der Waals surface area contributed by atoms with E-state index in [1.165, 1.54) is 17.8 Å². The van der Waals surface area contributed by atoms with E-state index in [4.69, 9.17) is 5.73 Å². The summed E-state index contributed by atoms with van der Waals surface area (Å²) in [4.78, 5) is 10.3. The summed E-state index contributed by atoms with van der Waals surface area (Å²) >= 11 is 3.13. The van der Waals surface area contributed by atoms with Gasteiger partial charge in [0.2, 0.25) is 5.91 Å². The van der Waals surface area contributed by atoms with E-state index in [-0.39, 0.29) is 0 Å². The molecule has 1 rings (SSSR count). The van der Waals surface area contributed by atoms with Crippen LogP contribution in [-0.2, 0) is 4.79 Å². The Morgan fingerprint density at radius 1 is 1.73 bits per heavy atom. The summed E-state index contributed by atoms with van der Waals surface area (Å²) in [7, 11) is 0. The van der Waals surface area contributed by atoms with Gasteiger partial charge in [-0.15, -0.1) is 11.3 Å². The normalized spacial score (nSPS) is 10.5. The SMILES string of the molecule is NC(=O)/C=C/Sc1cccs1. The summed E-state index contributed by atoms with van der Waals surface area (Å²) < 4.78 is 1.16. The van der Waals surface area contributed by atoms with E-state index < -0.39 is 5.91 Å². The molecule has 0 aliphatic rings. The van der Waals surface area contributed by atoms with E-state index in [1.807, 2.05) is 17.5 Å². The number of primary amides is 1. The topological polar surface area (TPSA) is 43.1 Å². The van der Waals surface area contributed by atoms with Crippen LogP contribution in [0.1, 0.15) is 0 Å². The van der Waals surface area contributed by atoms with Crippen LogP contribution in [0.4, 0.5) is 0 Å². The fourth-order valence-corrected chi connectivity index (χ4v) is 2.00. The highest BCUT2D eigenvalue weighted by Gasteiger charge is 1.89. The average molecular weight is 185 g/mol. The summed E-state index contributed by atoms with van der Waals surface area (Å²) in [5.74, 6) is -0.408. The minimum Gasteiger partial charge on any atom is -0.366 e. The van der Waals surface area contributed by atoms with Gasteiger partial charge in [0.1, 0.15) is 0 Å². The summed E-state index contributed by atoms with van der Waals surface area (Å²) in [6.45, 7) is 0. The second-order valence-corrected chi connectivity index (χ2v) is 3.91. The van der Waals surface area contributed by atoms with Crippen molar-refractivity contribution in [3.8, 4) is 0 Å². The van der Waals surface area contributed by atoms with Gasteiger partial charge in [-0.1, -0.05) is 17.8 Å². The van der Waals surface area contributed by atoms with Crippen LogP contribution in [0, 0.1) is 0 Å². The maximum Gasteiger partial charge on any atom is 0.241 e. The Labute approximate surface area is 73.1 Å². The van der Waals surface area contributed by atoms with E-state index in [2.05, 4.69) is 0 Å². The smallest absolute Gasteiger partial charge is 0.241 e. The zero-order valence-corrected chi connectivity index (χ0v) is 7.32. The van der Waals surface area contributed by atoms with Gasteiger partial charge in [-0.3, -0.25) is 4.79 Å². The first kappa shape index (κ1) is 8.36. The molecule has 1 aromatic heterocycles. The van der Waals surface area contributed by atoms with Crippen LogP contribution in [0.2, 0.25) is 0 Å². The highest BCUT2D eigenvalue weighted by atomic mass is 32.2. The van der Waals surface area contributed by atoms with Crippen molar-refractivity contribution in [2.45, 2.75) is 4.21 Å². The largest absolute Gasteiger partial charge is 0.366 e. The van der Waals surface area contributed by atoms with E-state index in [0.29, 0.717) is 0 Å². The molecule has 0 atom stereocenters. The van der Waals surface area contributed by atoms with Crippen LogP contribution in [0.25, 0.3) is 0 Å². The Kier molecular flexibility index (Phi) is 3.19. The molecule has 0 saturated heterocycles. The van der Waals surface area contributed by atoms with Gasteiger partial charge in [-0.05, 0) is 16.9 Å². The van der Waals surface area contributed by atoms with Crippen molar-refractivity contribution >= 4 is 29.0 Å². The van der Waals surface area contributed by atoms with Crippen molar-refractivity contribution in [1.82, 2.24) is 0 Å². The zero-order chi connectivity index (χ0) is 8.10. The molecule has 0 aromatic carbocycles. The van der Waals surface area contributed by atoms with E-state index in [1.54, 1.807) is 16.7 Å². The second kappa shape index (κ2) is 4.20. The lowest BCUT2D eigenvalue weighted by Gasteiger charge is -1.84. The van der Waals surface area contributed by atoms with Crippen LogP contribution in [0.15, 0.2) is 33.2 Å². The molecule has 1 amide bonds. The minimum absolute atomic E-state index is 0.408. The van der Waals surface area contributed by atoms with Crippen molar-refractivity contribution in [3.63, 3.8) is 0 Å². The number of amides is 1. The van der Waals surface area contributed by atoms with Crippen molar-refractivity contribution in [2.75, 3.05) is 0 Å². The van der Waals surface area contributed by atoms with Crippen molar-refractivity contribution in [2.24, 2.45) is 5.73 Å². The van der Waals surface area contributed by atoms with Gasteiger partial charge in [0, 0.05) is 6.08 Å². The molecule has 0 aliphatic heterocycles. The lowest BCUT2D eigenvalue weighted by Crippen LogP contribution is -2.04. The van der Waals surface area contributed by atoms with E-state index >= 15 is 0 Å². The van der Waals surface area contributed by atoms with Gasteiger partial charge in [-0.25, -0.2) is 0 Å². The molecule has 1 aromatic rings. The number of thiophene rings is 1. The number of carbonyl (C=O) groups is 1. The average Bonchev–Trinajstić information content (AvgIpc) is 2.39. The Balaban J connectivity index is 2.40. The Bertz CT molecular complexity index is 253. The first-order valence-corrected chi connectivity index (χ1v) is 4.71. The predicted molar refractivity (Wildman–Crippen MR) is 48.5 cm³/mol. The number of hydrogen-bond donors (Lipinski definition) is 1. The van der Waals surface area contributed by atoms with Crippen LogP contribution < -0.4 is 5.73 Å². The van der Waals surface area contributed by atoms with Crippen LogP contribution in [-0.4, -0.2) is 5.91 Å². The summed E-state index contributed by atoms with van der Waals surface area (Å²) in [5, 5.41) is 3.68. The fraction of sp³-hybridized carbons (Fsp3) is 0. The molecule has 0 spiro atoms. The van der Waals surface area contributed by atoms with Crippen molar-refractivity contribution in [1.29, 1.82) is 0 Å². The van der Waals surface area contributed by atoms with Gasteiger partial charge in [0.15, 0.2) is 0 Å². The third-order valence-electron chi connectivity index (χ3n) is 0.912. The van der Waals surface area contributed by atoms with Gasteiger partial charge >= 0.3 is 0 Å². The van der Waals surface area contributed by atoms with Crippen molar-refractivity contribution in [3.05, 3.63) is 29.0 Å². The van der Waals surface area contributed by atoms with Gasteiger partial charge in [0.25, 0.3) is 0 Å². The lowest BCUT2D eigenvalue weighted by atomic mass is 10.6. The first-order valence-electron chi connectivity index (χ1n) is 2.95. The molecular weight excluding hydrogens is 178 g/mol. The first-order chi connectivity index (χ1) is 5.29. The molecule has 58 valence electrons. The molecule has 0 saturated carbocycles. The third-order valence-corrected chi connectivity index (χ3v) is 2.79. The standard InChI is InChI=1S/C7H7NOS2/c8-6(9)3-5-11-7-2-1-4-10-7/h1-5H,(H2,8,9)/b5-3+. The Morgan fingerprint density at radius 2 is 2.55 bits per heavy atom. The third kappa shape index (κ3) is 3.25. The molecule has 0 radical (unpaired) electrons. The maximum atomic E-state index is 10.3. The highest BCUT2D eigenvalue weighted by Crippen LogP contribution is 2.23. The number of nitrogens with two attached hydrogens (primary N) is 1. The van der Waals surface area contributed by atoms with Crippen LogP contribution in [0.5, 0.6) is 0 Å². The van der Waals surface area contributed by atoms with E-state index in [0.717, 1.165) is 4.21 Å². The van der Waals surface area contributed by atoms with Gasteiger partial charge in [-0.2, -0.15) is 0 Å². The molecule has 0 fully saturated rings. The van der Waals surface area contributed by atoms with Crippen LogP contribution in [0.3, 0.4) is 0 Å². The monoisotopic (exact) mass is 185 g/mol. The minimum atomic E-state index is -0.408. The maximum absolute atomic E-state index is 10.3. The molecule has 1 heterocycles. The van der Waals surface area contributed by atoms with Gasteiger partial charge < -0.3 is 5.73 Å². The van der Waals surface area contributed by atoms with Crippen molar-refractivity contribution < 1.29 is 4.79 Å². The second-order valence-electron chi connectivity index (χ2n) is 1.76. The number of carbonyl (C=O) groups excluding carboxylic acids is 1. The quantitative estimate of drug-likeness (QED) is 0.576. The molecule has 2 nitrogen and oxygen atoms in total. The van der Waals surface area contributed by atoms with Gasteiger partial charge in [0.05, 0.1) is 4.21 Å². The number of rotatable bonds is 3. The Hall–Kier alpha value is -0.740. The number of thioether (sulfide) groups is 1. The molecule has 0 unspecified atom stereocenters. The molecule has 2 N–H and O–H groups in total. The predicted octanol–water partition coefficient (Wildman–Crippen LogP) is 1.84. The molecule has 0 aliphatic carbocycles. The summed E-state index contributed by atoms with van der Waals surface area (Å²) in [6, 6.07) is 3.95. The molecule has 11 heavy (non-hydrogen) atoms. The Morgan fingerprint density at radius 3 is 3.09 bits per heavy atom. The van der Waals surface area contributed by atoms with E-state index in [9.17, 15) is 4.79 Å². The molecule has 0 bridgehead atoms. The molecular formula is C7H7NOS2.